The maximum atomic E-state index is 5.66. The van der Waals surface area contributed by atoms with Crippen LogP contribution >= 0.6 is 0 Å². The van der Waals surface area contributed by atoms with E-state index < -0.39 is 0 Å². The zero-order chi connectivity index (χ0) is 18.5. The van der Waals surface area contributed by atoms with Crippen LogP contribution in [0.3, 0.4) is 0 Å². The van der Waals surface area contributed by atoms with Crippen LogP contribution in [0.4, 0.5) is 17.1 Å². The number of hydrogen-bond donors (Lipinski definition) is 1. The topological polar surface area (TPSA) is 37.4 Å². The highest BCUT2D eigenvalue weighted by atomic mass is 16.5. The van der Waals surface area contributed by atoms with Gasteiger partial charge in [0, 0.05) is 41.2 Å². The third-order valence-electron chi connectivity index (χ3n) is 4.49. The van der Waals surface area contributed by atoms with Gasteiger partial charge in [0.05, 0.1) is 12.1 Å². The van der Waals surface area contributed by atoms with Crippen molar-refractivity contribution in [3.63, 3.8) is 0 Å². The van der Waals surface area contributed by atoms with Crippen molar-refractivity contribution in [2.45, 2.75) is 27.7 Å². The number of pyridine rings is 1. The first-order valence-corrected chi connectivity index (χ1v) is 9.30. The summed E-state index contributed by atoms with van der Waals surface area (Å²) in [6.45, 7) is 11.0. The van der Waals surface area contributed by atoms with E-state index in [1.165, 1.54) is 5.69 Å². The van der Waals surface area contributed by atoms with Gasteiger partial charge in [0.15, 0.2) is 0 Å². The largest absolute Gasteiger partial charge is 0.494 e. The third kappa shape index (κ3) is 3.90. The van der Waals surface area contributed by atoms with Gasteiger partial charge in [-0.25, -0.2) is 0 Å². The molecule has 0 aliphatic carbocycles. The van der Waals surface area contributed by atoms with E-state index in [0.717, 1.165) is 46.8 Å². The quantitative estimate of drug-likeness (QED) is 0.608. The summed E-state index contributed by atoms with van der Waals surface area (Å²) >= 11 is 0. The van der Waals surface area contributed by atoms with E-state index in [1.807, 2.05) is 26.0 Å². The van der Waals surface area contributed by atoms with Crippen LogP contribution in [-0.4, -0.2) is 24.7 Å². The lowest BCUT2D eigenvalue weighted by Crippen LogP contribution is -2.21. The van der Waals surface area contributed by atoms with Crippen LogP contribution < -0.4 is 15.0 Å². The van der Waals surface area contributed by atoms with Crippen molar-refractivity contribution < 1.29 is 4.74 Å². The molecule has 1 N–H and O–H groups in total. The van der Waals surface area contributed by atoms with E-state index in [1.54, 1.807) is 0 Å². The van der Waals surface area contributed by atoms with Crippen LogP contribution in [0, 0.1) is 6.92 Å². The first-order chi connectivity index (χ1) is 12.6. The van der Waals surface area contributed by atoms with Gasteiger partial charge >= 0.3 is 0 Å². The van der Waals surface area contributed by atoms with Crippen molar-refractivity contribution in [2.75, 3.05) is 29.9 Å². The monoisotopic (exact) mass is 349 g/mol. The molecule has 0 aliphatic heterocycles. The maximum Gasteiger partial charge on any atom is 0.120 e. The average molecular weight is 349 g/mol. The Morgan fingerprint density at radius 1 is 0.962 bits per heavy atom. The Morgan fingerprint density at radius 2 is 1.69 bits per heavy atom. The van der Waals surface area contributed by atoms with Crippen molar-refractivity contribution in [2.24, 2.45) is 0 Å². The van der Waals surface area contributed by atoms with Crippen LogP contribution in [0.5, 0.6) is 5.75 Å². The summed E-state index contributed by atoms with van der Waals surface area (Å²) in [4.78, 5) is 6.97. The smallest absolute Gasteiger partial charge is 0.120 e. The SMILES string of the molecule is CCOc1ccc2nc(C)cc(Nc3ccc(N(CC)CC)cc3)c2c1. The lowest BCUT2D eigenvalue weighted by molar-refractivity contribution is 0.340. The van der Waals surface area contributed by atoms with Gasteiger partial charge in [0.1, 0.15) is 5.75 Å². The number of rotatable bonds is 7. The zero-order valence-corrected chi connectivity index (χ0v) is 16.0. The average Bonchev–Trinajstić information content (AvgIpc) is 2.65. The van der Waals surface area contributed by atoms with Crippen molar-refractivity contribution in [3.8, 4) is 5.75 Å². The fraction of sp³-hybridized carbons (Fsp3) is 0.318. The summed E-state index contributed by atoms with van der Waals surface area (Å²) in [5.41, 5.74) is 5.31. The molecule has 0 bridgehead atoms. The van der Waals surface area contributed by atoms with Crippen LogP contribution in [0.15, 0.2) is 48.5 Å². The van der Waals surface area contributed by atoms with Gasteiger partial charge in [-0.05, 0) is 76.2 Å². The highest BCUT2D eigenvalue weighted by molar-refractivity contribution is 5.94. The van der Waals surface area contributed by atoms with Crippen LogP contribution in [0.2, 0.25) is 0 Å². The molecule has 26 heavy (non-hydrogen) atoms. The molecule has 4 heteroatoms. The summed E-state index contributed by atoms with van der Waals surface area (Å²) in [6, 6.07) is 16.7. The molecule has 0 unspecified atom stereocenters. The minimum absolute atomic E-state index is 0.653. The fourth-order valence-corrected chi connectivity index (χ4v) is 3.20. The number of aryl methyl sites for hydroxylation is 1. The van der Waals surface area contributed by atoms with Gasteiger partial charge < -0.3 is 15.0 Å². The second-order valence-electron chi connectivity index (χ2n) is 6.27. The minimum atomic E-state index is 0.653. The number of fused-ring (bicyclic) bond motifs is 1. The van der Waals surface area contributed by atoms with Crippen molar-refractivity contribution in [1.29, 1.82) is 0 Å². The van der Waals surface area contributed by atoms with E-state index >= 15 is 0 Å². The number of anilines is 3. The zero-order valence-electron chi connectivity index (χ0n) is 16.0. The predicted octanol–water partition coefficient (Wildman–Crippen LogP) is 5.53. The lowest BCUT2D eigenvalue weighted by Gasteiger charge is -2.21. The number of ether oxygens (including phenoxy) is 1. The number of benzene rings is 2. The fourth-order valence-electron chi connectivity index (χ4n) is 3.20. The van der Waals surface area contributed by atoms with Crippen LogP contribution in [0.1, 0.15) is 26.5 Å². The molecule has 0 radical (unpaired) electrons. The van der Waals surface area contributed by atoms with E-state index in [9.17, 15) is 0 Å². The summed E-state index contributed by atoms with van der Waals surface area (Å²) in [5, 5.41) is 4.61. The molecule has 0 amide bonds. The molecule has 0 saturated carbocycles. The summed E-state index contributed by atoms with van der Waals surface area (Å²) < 4.78 is 5.66. The Labute approximate surface area is 155 Å². The lowest BCUT2D eigenvalue weighted by atomic mass is 10.1. The Morgan fingerprint density at radius 3 is 2.35 bits per heavy atom. The second-order valence-corrected chi connectivity index (χ2v) is 6.27. The molecule has 3 rings (SSSR count). The Kier molecular flexibility index (Phi) is 5.61. The van der Waals surface area contributed by atoms with E-state index in [-0.39, 0.29) is 0 Å². The second kappa shape index (κ2) is 8.09. The molecule has 2 aromatic carbocycles. The van der Waals surface area contributed by atoms with E-state index in [0.29, 0.717) is 6.61 Å². The number of nitrogens with one attached hydrogen (secondary N) is 1. The molecule has 136 valence electrons. The molecular weight excluding hydrogens is 322 g/mol. The Balaban J connectivity index is 1.93. The number of aromatic nitrogens is 1. The molecule has 4 nitrogen and oxygen atoms in total. The van der Waals surface area contributed by atoms with Gasteiger partial charge in [0.2, 0.25) is 0 Å². The third-order valence-corrected chi connectivity index (χ3v) is 4.49. The van der Waals surface area contributed by atoms with Gasteiger partial charge in [0.25, 0.3) is 0 Å². The normalized spacial score (nSPS) is 10.8. The highest BCUT2D eigenvalue weighted by Gasteiger charge is 2.07. The van der Waals surface area contributed by atoms with Gasteiger partial charge in [-0.2, -0.15) is 0 Å². The van der Waals surface area contributed by atoms with Gasteiger partial charge in [-0.3, -0.25) is 4.98 Å². The summed E-state index contributed by atoms with van der Waals surface area (Å²) in [7, 11) is 0. The van der Waals surface area contributed by atoms with Crippen LogP contribution in [-0.2, 0) is 0 Å². The first kappa shape index (κ1) is 18.1. The highest BCUT2D eigenvalue weighted by Crippen LogP contribution is 2.30. The van der Waals surface area contributed by atoms with Gasteiger partial charge in [-0.15, -0.1) is 0 Å². The molecular formula is C22H27N3O. The standard InChI is InChI=1S/C22H27N3O/c1-5-25(6-2)18-10-8-17(9-11-18)24-22-14-16(4)23-21-13-12-19(26-7-3)15-20(21)22/h8-15H,5-7H2,1-4H3,(H,23,24). The Bertz CT molecular complexity index is 870. The molecule has 0 saturated heterocycles. The molecule has 0 fully saturated rings. The van der Waals surface area contributed by atoms with E-state index in [4.69, 9.17) is 4.74 Å². The molecule has 1 aromatic heterocycles. The van der Waals surface area contributed by atoms with Gasteiger partial charge in [-0.1, -0.05) is 0 Å². The summed E-state index contributed by atoms with van der Waals surface area (Å²) in [5.74, 6) is 0.866. The van der Waals surface area contributed by atoms with Crippen molar-refractivity contribution in [1.82, 2.24) is 4.98 Å². The minimum Gasteiger partial charge on any atom is -0.494 e. The maximum absolute atomic E-state index is 5.66. The number of nitrogens with zero attached hydrogens (tertiary/aromatic N) is 2. The summed E-state index contributed by atoms with van der Waals surface area (Å²) in [6.07, 6.45) is 0. The molecule has 0 spiro atoms. The van der Waals surface area contributed by atoms with Crippen molar-refractivity contribution >= 4 is 28.0 Å². The molecule has 1 heterocycles. The molecule has 0 aliphatic rings. The number of hydrogen-bond acceptors (Lipinski definition) is 4. The Hall–Kier alpha value is -2.75. The molecule has 0 atom stereocenters. The first-order valence-electron chi connectivity index (χ1n) is 9.30. The van der Waals surface area contributed by atoms with Crippen molar-refractivity contribution in [3.05, 3.63) is 54.2 Å². The van der Waals surface area contributed by atoms with E-state index in [2.05, 4.69) is 65.4 Å². The predicted molar refractivity (Wildman–Crippen MR) is 111 cm³/mol. The van der Waals surface area contributed by atoms with Crippen LogP contribution in [0.25, 0.3) is 10.9 Å². The molecule has 3 aromatic rings.